The number of nitrogens with zero attached hydrogens (tertiary/aromatic N) is 1. The third-order valence-electron chi connectivity index (χ3n) is 3.57. The van der Waals surface area contributed by atoms with E-state index in [2.05, 4.69) is 17.3 Å². The maximum atomic E-state index is 12.0. The molecule has 2 unspecified atom stereocenters. The summed E-state index contributed by atoms with van der Waals surface area (Å²) in [7, 11) is 2.12. The number of halogens is 3. The molecule has 1 aliphatic rings. The zero-order chi connectivity index (χ0) is 13.6. The second kappa shape index (κ2) is 7.34. The average molecular weight is 266 g/mol. The molecule has 2 nitrogen and oxygen atoms in total. The lowest BCUT2D eigenvalue weighted by molar-refractivity contribution is -0.135. The smallest absolute Gasteiger partial charge is 0.314 e. The van der Waals surface area contributed by atoms with Gasteiger partial charge in [-0.25, -0.2) is 0 Å². The summed E-state index contributed by atoms with van der Waals surface area (Å²) < 4.78 is 36.0. The molecule has 2 atom stereocenters. The predicted molar refractivity (Wildman–Crippen MR) is 67.6 cm³/mol. The summed E-state index contributed by atoms with van der Waals surface area (Å²) in [5.41, 5.74) is 0. The van der Waals surface area contributed by atoms with Crippen molar-refractivity contribution in [2.24, 2.45) is 5.92 Å². The van der Waals surface area contributed by atoms with E-state index in [1.807, 2.05) is 6.92 Å². The van der Waals surface area contributed by atoms with Crippen LogP contribution in [-0.4, -0.2) is 43.8 Å². The summed E-state index contributed by atoms with van der Waals surface area (Å²) in [4.78, 5) is 2.32. The third kappa shape index (κ3) is 7.21. The van der Waals surface area contributed by atoms with Crippen LogP contribution >= 0.6 is 0 Å². The third-order valence-corrected chi connectivity index (χ3v) is 3.57. The highest BCUT2D eigenvalue weighted by Gasteiger charge is 2.26. The van der Waals surface area contributed by atoms with Crippen LogP contribution < -0.4 is 5.32 Å². The predicted octanol–water partition coefficient (Wildman–Crippen LogP) is 3.04. The molecule has 1 saturated heterocycles. The van der Waals surface area contributed by atoms with Crippen LogP contribution in [0.25, 0.3) is 0 Å². The van der Waals surface area contributed by atoms with Crippen molar-refractivity contribution in [1.29, 1.82) is 0 Å². The van der Waals surface area contributed by atoms with Gasteiger partial charge in [-0.05, 0) is 58.7 Å². The molecule has 0 aliphatic carbocycles. The number of alkyl halides is 3. The fraction of sp³-hybridized carbons (Fsp3) is 1.00. The standard InChI is InChI=1S/C13H25F3N2/c1-11(5-3-7-13(14,15)16)17-9-12-6-4-8-18(2)10-12/h11-12,17H,3-10H2,1-2H3. The Hall–Kier alpha value is -0.290. The summed E-state index contributed by atoms with van der Waals surface area (Å²) >= 11 is 0. The van der Waals surface area contributed by atoms with E-state index in [4.69, 9.17) is 0 Å². The number of piperidine rings is 1. The summed E-state index contributed by atoms with van der Waals surface area (Å²) in [6.45, 7) is 5.17. The molecule has 0 aromatic rings. The quantitative estimate of drug-likeness (QED) is 0.795. The first-order valence-electron chi connectivity index (χ1n) is 6.85. The van der Waals surface area contributed by atoms with Gasteiger partial charge in [-0.15, -0.1) is 0 Å². The Morgan fingerprint density at radius 3 is 2.72 bits per heavy atom. The average Bonchev–Trinajstić information content (AvgIpc) is 2.25. The molecule has 108 valence electrons. The van der Waals surface area contributed by atoms with Crippen LogP contribution in [0.3, 0.4) is 0 Å². The van der Waals surface area contributed by atoms with Crippen LogP contribution in [0.4, 0.5) is 13.2 Å². The van der Waals surface area contributed by atoms with Gasteiger partial charge in [0.05, 0.1) is 0 Å². The molecule has 5 heteroatoms. The maximum absolute atomic E-state index is 12.0. The molecular weight excluding hydrogens is 241 g/mol. The van der Waals surface area contributed by atoms with Crippen molar-refractivity contribution in [3.8, 4) is 0 Å². The number of rotatable bonds is 6. The summed E-state index contributed by atoms with van der Waals surface area (Å²) in [5.74, 6) is 0.647. The second-order valence-electron chi connectivity index (χ2n) is 5.59. The maximum Gasteiger partial charge on any atom is 0.389 e. The van der Waals surface area contributed by atoms with Crippen LogP contribution in [-0.2, 0) is 0 Å². The molecule has 0 aromatic heterocycles. The molecule has 0 saturated carbocycles. The summed E-state index contributed by atoms with van der Waals surface area (Å²) in [6.07, 6.45) is -1.39. The first-order valence-corrected chi connectivity index (χ1v) is 6.85. The highest BCUT2D eigenvalue weighted by Crippen LogP contribution is 2.22. The number of likely N-dealkylation sites (tertiary alicyclic amines) is 1. The SMILES string of the molecule is CC(CCCC(F)(F)F)NCC1CCCN(C)C1. The van der Waals surface area contributed by atoms with Crippen molar-refractivity contribution in [2.75, 3.05) is 26.7 Å². The normalized spacial score (nSPS) is 24.2. The lowest BCUT2D eigenvalue weighted by atomic mass is 9.98. The highest BCUT2D eigenvalue weighted by molar-refractivity contribution is 4.74. The molecule has 1 N–H and O–H groups in total. The zero-order valence-corrected chi connectivity index (χ0v) is 11.4. The molecule has 1 fully saturated rings. The van der Waals surface area contributed by atoms with Crippen LogP contribution in [0.15, 0.2) is 0 Å². The Morgan fingerprint density at radius 1 is 1.39 bits per heavy atom. The fourth-order valence-electron chi connectivity index (χ4n) is 2.52. The molecule has 0 amide bonds. The molecular formula is C13H25F3N2. The minimum Gasteiger partial charge on any atom is -0.314 e. The van der Waals surface area contributed by atoms with Crippen LogP contribution in [0.2, 0.25) is 0 Å². The summed E-state index contributed by atoms with van der Waals surface area (Å²) in [5, 5.41) is 3.37. The Bertz CT molecular complexity index is 231. The Morgan fingerprint density at radius 2 is 2.11 bits per heavy atom. The minimum absolute atomic E-state index is 0.180. The van der Waals surface area contributed by atoms with Crippen LogP contribution in [0.1, 0.15) is 39.0 Å². The topological polar surface area (TPSA) is 15.3 Å². The van der Waals surface area contributed by atoms with Crippen molar-refractivity contribution in [3.05, 3.63) is 0 Å². The molecule has 0 bridgehead atoms. The highest BCUT2D eigenvalue weighted by atomic mass is 19.4. The Labute approximate surface area is 108 Å². The second-order valence-corrected chi connectivity index (χ2v) is 5.59. The van der Waals surface area contributed by atoms with E-state index in [1.165, 1.54) is 12.8 Å². The molecule has 0 aromatic carbocycles. The first kappa shape index (κ1) is 15.8. The molecule has 0 spiro atoms. The van der Waals surface area contributed by atoms with Gasteiger partial charge in [0, 0.05) is 19.0 Å². The van der Waals surface area contributed by atoms with Crippen molar-refractivity contribution < 1.29 is 13.2 Å². The number of hydrogen-bond acceptors (Lipinski definition) is 2. The van der Waals surface area contributed by atoms with E-state index in [0.29, 0.717) is 12.3 Å². The monoisotopic (exact) mass is 266 g/mol. The van der Waals surface area contributed by atoms with E-state index in [9.17, 15) is 13.2 Å². The molecule has 1 aliphatic heterocycles. The van der Waals surface area contributed by atoms with Crippen molar-refractivity contribution in [3.63, 3.8) is 0 Å². The lowest BCUT2D eigenvalue weighted by Crippen LogP contribution is -2.39. The van der Waals surface area contributed by atoms with Crippen LogP contribution in [0, 0.1) is 5.92 Å². The first-order chi connectivity index (χ1) is 8.37. The van der Waals surface area contributed by atoms with Crippen LogP contribution in [0.5, 0.6) is 0 Å². The van der Waals surface area contributed by atoms with E-state index < -0.39 is 12.6 Å². The Kier molecular flexibility index (Phi) is 6.43. The lowest BCUT2D eigenvalue weighted by Gasteiger charge is -2.30. The zero-order valence-electron chi connectivity index (χ0n) is 11.4. The Balaban J connectivity index is 2.07. The molecule has 18 heavy (non-hydrogen) atoms. The van der Waals surface area contributed by atoms with Gasteiger partial charge in [0.2, 0.25) is 0 Å². The van der Waals surface area contributed by atoms with E-state index in [0.717, 1.165) is 19.6 Å². The number of nitrogens with one attached hydrogen (secondary N) is 1. The fourth-order valence-corrected chi connectivity index (χ4v) is 2.52. The van der Waals surface area contributed by atoms with Gasteiger partial charge in [0.25, 0.3) is 0 Å². The van der Waals surface area contributed by atoms with Gasteiger partial charge in [-0.3, -0.25) is 0 Å². The number of hydrogen-bond donors (Lipinski definition) is 1. The van der Waals surface area contributed by atoms with E-state index >= 15 is 0 Å². The molecule has 1 rings (SSSR count). The minimum atomic E-state index is -4.01. The largest absolute Gasteiger partial charge is 0.389 e. The van der Waals surface area contributed by atoms with Crippen molar-refractivity contribution in [1.82, 2.24) is 10.2 Å². The van der Waals surface area contributed by atoms with Crippen molar-refractivity contribution in [2.45, 2.75) is 51.2 Å². The van der Waals surface area contributed by atoms with E-state index in [-0.39, 0.29) is 12.5 Å². The van der Waals surface area contributed by atoms with Gasteiger partial charge in [0.1, 0.15) is 0 Å². The van der Waals surface area contributed by atoms with Gasteiger partial charge >= 0.3 is 6.18 Å². The van der Waals surface area contributed by atoms with E-state index in [1.54, 1.807) is 0 Å². The summed E-state index contributed by atoms with van der Waals surface area (Å²) in [6, 6.07) is 0.180. The van der Waals surface area contributed by atoms with Crippen molar-refractivity contribution >= 4 is 0 Å². The molecule has 0 radical (unpaired) electrons. The molecule has 1 heterocycles. The van der Waals surface area contributed by atoms with Gasteiger partial charge in [-0.2, -0.15) is 13.2 Å². The van der Waals surface area contributed by atoms with Gasteiger partial charge in [-0.1, -0.05) is 0 Å². The van der Waals surface area contributed by atoms with Gasteiger partial charge < -0.3 is 10.2 Å². The van der Waals surface area contributed by atoms with Gasteiger partial charge in [0.15, 0.2) is 0 Å².